The fourth-order valence-corrected chi connectivity index (χ4v) is 1.60. The van der Waals surface area contributed by atoms with Gasteiger partial charge in [-0.2, -0.15) is 5.26 Å². The number of hydrogen-bond donors (Lipinski definition) is 2. The van der Waals surface area contributed by atoms with Crippen molar-refractivity contribution < 1.29 is 10.2 Å². The normalized spacial score (nSPS) is 12.1. The monoisotopic (exact) mass is 210 g/mol. The van der Waals surface area contributed by atoms with Gasteiger partial charge in [-0.1, -0.05) is 6.07 Å². The third kappa shape index (κ3) is 3.34. The largest absolute Gasteiger partial charge is 0.394 e. The summed E-state index contributed by atoms with van der Waals surface area (Å²) in [6, 6.07) is 7.05. The Kier molecular flexibility index (Phi) is 4.40. The van der Waals surface area contributed by atoms with Gasteiger partial charge in [-0.15, -0.1) is 11.8 Å². The van der Waals surface area contributed by atoms with Gasteiger partial charge in [-0.25, -0.2) is 4.98 Å². The molecule has 0 aliphatic carbocycles. The van der Waals surface area contributed by atoms with E-state index in [0.29, 0.717) is 16.5 Å². The van der Waals surface area contributed by atoms with Crippen LogP contribution in [0.3, 0.4) is 0 Å². The molecule has 0 spiro atoms. The van der Waals surface area contributed by atoms with Crippen molar-refractivity contribution in [3.63, 3.8) is 0 Å². The molecule has 1 heterocycles. The summed E-state index contributed by atoms with van der Waals surface area (Å²) in [5.74, 6) is 0.373. The fourth-order valence-electron chi connectivity index (χ4n) is 0.792. The summed E-state index contributed by atoms with van der Waals surface area (Å²) in [5.41, 5.74) is 0.355. The molecule has 1 unspecified atom stereocenters. The molecule has 0 saturated heterocycles. The topological polar surface area (TPSA) is 77.1 Å². The van der Waals surface area contributed by atoms with E-state index in [4.69, 9.17) is 15.5 Å². The molecule has 1 atom stereocenters. The number of nitrogens with zero attached hydrogens (tertiary/aromatic N) is 2. The molecule has 0 radical (unpaired) electrons. The van der Waals surface area contributed by atoms with Crippen molar-refractivity contribution in [3.8, 4) is 6.07 Å². The highest BCUT2D eigenvalue weighted by molar-refractivity contribution is 7.99. The molecule has 0 aromatic carbocycles. The van der Waals surface area contributed by atoms with Gasteiger partial charge in [0.2, 0.25) is 0 Å². The SMILES string of the molecule is N#Cc1cccc(SCC(O)CO)n1. The highest BCUT2D eigenvalue weighted by atomic mass is 32.2. The van der Waals surface area contributed by atoms with Crippen LogP contribution in [-0.2, 0) is 0 Å². The van der Waals surface area contributed by atoms with E-state index in [-0.39, 0.29) is 6.61 Å². The van der Waals surface area contributed by atoms with Crippen molar-refractivity contribution in [2.24, 2.45) is 0 Å². The second kappa shape index (κ2) is 5.60. The molecule has 14 heavy (non-hydrogen) atoms. The number of aliphatic hydroxyl groups excluding tert-OH is 2. The molecule has 0 aliphatic rings. The zero-order chi connectivity index (χ0) is 10.4. The molecule has 2 N–H and O–H groups in total. The standard InChI is InChI=1S/C9H10N2O2S/c10-4-7-2-1-3-9(11-7)14-6-8(13)5-12/h1-3,8,12-13H,5-6H2. The number of pyridine rings is 1. The van der Waals surface area contributed by atoms with Crippen LogP contribution in [0, 0.1) is 11.3 Å². The molecule has 0 saturated carbocycles. The van der Waals surface area contributed by atoms with E-state index >= 15 is 0 Å². The van der Waals surface area contributed by atoms with Crippen molar-refractivity contribution >= 4 is 11.8 Å². The molecule has 0 bridgehead atoms. The van der Waals surface area contributed by atoms with Crippen molar-refractivity contribution in [2.75, 3.05) is 12.4 Å². The van der Waals surface area contributed by atoms with E-state index in [1.807, 2.05) is 6.07 Å². The van der Waals surface area contributed by atoms with Crippen molar-refractivity contribution in [1.82, 2.24) is 4.98 Å². The molecular weight excluding hydrogens is 200 g/mol. The average Bonchev–Trinajstić information content (AvgIpc) is 2.26. The van der Waals surface area contributed by atoms with Gasteiger partial charge in [-0.3, -0.25) is 0 Å². The van der Waals surface area contributed by atoms with Crippen LogP contribution >= 0.6 is 11.8 Å². The third-order valence-corrected chi connectivity index (χ3v) is 2.55. The molecule has 5 heteroatoms. The van der Waals surface area contributed by atoms with Gasteiger partial charge in [0, 0.05) is 5.75 Å². The zero-order valence-electron chi connectivity index (χ0n) is 7.42. The number of rotatable bonds is 4. The Hall–Kier alpha value is -1.09. The Morgan fingerprint density at radius 3 is 3.00 bits per heavy atom. The van der Waals surface area contributed by atoms with E-state index < -0.39 is 6.10 Å². The minimum atomic E-state index is -0.743. The van der Waals surface area contributed by atoms with Crippen LogP contribution in [0.1, 0.15) is 5.69 Å². The van der Waals surface area contributed by atoms with Crippen LogP contribution in [-0.4, -0.2) is 33.7 Å². The maximum absolute atomic E-state index is 9.08. The summed E-state index contributed by atoms with van der Waals surface area (Å²) in [6.07, 6.45) is -0.743. The Morgan fingerprint density at radius 1 is 1.57 bits per heavy atom. The average molecular weight is 210 g/mol. The van der Waals surface area contributed by atoms with E-state index in [0.717, 1.165) is 0 Å². The lowest BCUT2D eigenvalue weighted by Gasteiger charge is -2.05. The highest BCUT2D eigenvalue weighted by Gasteiger charge is 2.04. The smallest absolute Gasteiger partial charge is 0.141 e. The quantitative estimate of drug-likeness (QED) is 0.703. The Balaban J connectivity index is 2.55. The molecule has 1 rings (SSSR count). The van der Waals surface area contributed by atoms with Gasteiger partial charge in [0.15, 0.2) is 0 Å². The summed E-state index contributed by atoms with van der Waals surface area (Å²) in [7, 11) is 0. The number of aliphatic hydroxyl groups is 2. The first kappa shape index (κ1) is 11.0. The van der Waals surface area contributed by atoms with E-state index in [2.05, 4.69) is 4.98 Å². The van der Waals surface area contributed by atoms with Gasteiger partial charge < -0.3 is 10.2 Å². The first-order chi connectivity index (χ1) is 6.76. The van der Waals surface area contributed by atoms with Gasteiger partial charge in [-0.05, 0) is 12.1 Å². The molecule has 4 nitrogen and oxygen atoms in total. The molecule has 1 aromatic heterocycles. The van der Waals surface area contributed by atoms with Crippen molar-refractivity contribution in [3.05, 3.63) is 23.9 Å². The molecule has 0 aliphatic heterocycles. The van der Waals surface area contributed by atoms with Crippen LogP contribution in [0.2, 0.25) is 0 Å². The number of aromatic nitrogens is 1. The fraction of sp³-hybridized carbons (Fsp3) is 0.333. The summed E-state index contributed by atoms with van der Waals surface area (Å²) in [4.78, 5) is 4.01. The number of nitriles is 1. The van der Waals surface area contributed by atoms with Crippen LogP contribution in [0.5, 0.6) is 0 Å². The highest BCUT2D eigenvalue weighted by Crippen LogP contribution is 2.16. The minimum absolute atomic E-state index is 0.259. The number of thioether (sulfide) groups is 1. The molecule has 74 valence electrons. The third-order valence-electron chi connectivity index (χ3n) is 1.47. The lowest BCUT2D eigenvalue weighted by molar-refractivity contribution is 0.113. The summed E-state index contributed by atoms with van der Waals surface area (Å²) in [5, 5.41) is 26.9. The second-order valence-corrected chi connectivity index (χ2v) is 3.66. The van der Waals surface area contributed by atoms with E-state index in [9.17, 15) is 0 Å². The summed E-state index contributed by atoms with van der Waals surface area (Å²) < 4.78 is 0. The van der Waals surface area contributed by atoms with Gasteiger partial charge in [0.25, 0.3) is 0 Å². The summed E-state index contributed by atoms with van der Waals surface area (Å²) >= 11 is 1.31. The first-order valence-corrected chi connectivity index (χ1v) is 5.03. The van der Waals surface area contributed by atoms with Crippen LogP contribution in [0.25, 0.3) is 0 Å². The summed E-state index contributed by atoms with van der Waals surface area (Å²) in [6.45, 7) is -0.259. The Bertz CT molecular complexity index is 338. The van der Waals surface area contributed by atoms with Crippen molar-refractivity contribution in [1.29, 1.82) is 5.26 Å². The van der Waals surface area contributed by atoms with Crippen LogP contribution < -0.4 is 0 Å². The maximum atomic E-state index is 9.08. The van der Waals surface area contributed by atoms with Crippen LogP contribution in [0.4, 0.5) is 0 Å². The van der Waals surface area contributed by atoms with Crippen molar-refractivity contribution in [2.45, 2.75) is 11.1 Å². The molecule has 0 fully saturated rings. The molecule has 1 aromatic rings. The van der Waals surface area contributed by atoms with Gasteiger partial charge in [0.1, 0.15) is 11.8 Å². The van der Waals surface area contributed by atoms with Gasteiger partial charge in [0.05, 0.1) is 17.7 Å². The number of hydrogen-bond acceptors (Lipinski definition) is 5. The van der Waals surface area contributed by atoms with E-state index in [1.165, 1.54) is 11.8 Å². The Labute approximate surface area is 86.2 Å². The van der Waals surface area contributed by atoms with Crippen LogP contribution in [0.15, 0.2) is 23.2 Å². The molecule has 0 amide bonds. The zero-order valence-corrected chi connectivity index (χ0v) is 8.24. The lowest BCUT2D eigenvalue weighted by atomic mass is 10.4. The predicted octanol–water partition coefficient (Wildman–Crippen LogP) is 0.399. The lowest BCUT2D eigenvalue weighted by Crippen LogP contribution is -2.14. The van der Waals surface area contributed by atoms with Gasteiger partial charge >= 0.3 is 0 Å². The maximum Gasteiger partial charge on any atom is 0.141 e. The predicted molar refractivity (Wildman–Crippen MR) is 52.8 cm³/mol. The van der Waals surface area contributed by atoms with E-state index in [1.54, 1.807) is 18.2 Å². The minimum Gasteiger partial charge on any atom is -0.394 e. The second-order valence-electron chi connectivity index (χ2n) is 2.62. The Morgan fingerprint density at radius 2 is 2.36 bits per heavy atom. The molecular formula is C9H10N2O2S. The first-order valence-electron chi connectivity index (χ1n) is 4.05.